The molecule has 0 saturated carbocycles. The zero-order valence-electron chi connectivity index (χ0n) is 20.7. The minimum absolute atomic E-state index is 0.000409. The van der Waals surface area contributed by atoms with E-state index in [9.17, 15) is 14.7 Å². The number of rotatable bonds is 10. The van der Waals surface area contributed by atoms with E-state index in [4.69, 9.17) is 4.74 Å². The number of thiophene rings is 1. The fraction of sp³-hybridized carbons (Fsp3) is 0.481. The number of carboxylic acids is 1. The van der Waals surface area contributed by atoms with Gasteiger partial charge >= 0.3 is 5.97 Å². The molecule has 1 aliphatic rings. The van der Waals surface area contributed by atoms with Crippen molar-refractivity contribution in [2.45, 2.75) is 84.7 Å². The second kappa shape index (κ2) is 11.8. The lowest BCUT2D eigenvalue weighted by Crippen LogP contribution is -2.58. The van der Waals surface area contributed by atoms with Gasteiger partial charge in [-0.3, -0.25) is 4.79 Å². The van der Waals surface area contributed by atoms with Crippen molar-refractivity contribution in [3.8, 4) is 11.1 Å². The van der Waals surface area contributed by atoms with Gasteiger partial charge in [-0.05, 0) is 83.8 Å². The zero-order valence-corrected chi connectivity index (χ0v) is 21.5. The van der Waals surface area contributed by atoms with Gasteiger partial charge in [0.2, 0.25) is 5.91 Å². The second-order valence-corrected chi connectivity index (χ2v) is 9.83. The molecule has 0 spiro atoms. The maximum absolute atomic E-state index is 12.0. The number of nitrogens with one attached hydrogen (secondary N) is 2. The lowest BCUT2D eigenvalue weighted by Gasteiger charge is -2.38. The van der Waals surface area contributed by atoms with Gasteiger partial charge in [0, 0.05) is 25.1 Å². The monoisotopic (exact) mass is 484 g/mol. The highest BCUT2D eigenvalue weighted by Crippen LogP contribution is 2.28. The highest BCUT2D eigenvalue weighted by Gasteiger charge is 2.37. The normalized spacial score (nSPS) is 20.3. The van der Waals surface area contributed by atoms with Gasteiger partial charge in [0.25, 0.3) is 0 Å². The van der Waals surface area contributed by atoms with Crippen LogP contribution >= 0.6 is 11.3 Å². The van der Waals surface area contributed by atoms with Crippen LogP contribution in [0.3, 0.4) is 0 Å². The number of hydrogen-bond donors (Lipinski definition) is 3. The van der Waals surface area contributed by atoms with E-state index in [0.29, 0.717) is 18.5 Å². The predicted molar refractivity (Wildman–Crippen MR) is 137 cm³/mol. The quantitative estimate of drug-likeness (QED) is 0.443. The van der Waals surface area contributed by atoms with E-state index in [1.54, 1.807) is 17.4 Å². The van der Waals surface area contributed by atoms with Crippen molar-refractivity contribution in [1.82, 2.24) is 10.6 Å². The molecule has 0 saturated heterocycles. The number of carbonyl (C=O) groups excluding carboxylic acids is 1. The number of benzene rings is 1. The summed E-state index contributed by atoms with van der Waals surface area (Å²) in [7, 11) is 0. The van der Waals surface area contributed by atoms with Crippen LogP contribution < -0.4 is 10.6 Å². The molecule has 3 N–H and O–H groups in total. The first kappa shape index (κ1) is 26.1. The molecule has 6 nitrogen and oxygen atoms in total. The average molecular weight is 485 g/mol. The first-order valence-electron chi connectivity index (χ1n) is 12.0. The van der Waals surface area contributed by atoms with Gasteiger partial charge in [-0.2, -0.15) is 11.3 Å². The molecule has 0 unspecified atom stereocenters. The van der Waals surface area contributed by atoms with Gasteiger partial charge in [0.05, 0.1) is 18.2 Å². The van der Waals surface area contributed by atoms with Crippen LogP contribution in [0.25, 0.3) is 11.1 Å². The molecule has 1 heterocycles. The van der Waals surface area contributed by atoms with Crippen LogP contribution in [-0.2, 0) is 20.9 Å². The molecule has 7 heteroatoms. The minimum Gasteiger partial charge on any atom is -0.478 e. The number of carboxylic acid groups (broad SMARTS) is 1. The van der Waals surface area contributed by atoms with Crippen LogP contribution in [0, 0.1) is 13.8 Å². The summed E-state index contributed by atoms with van der Waals surface area (Å²) in [5.41, 5.74) is 6.27. The predicted octanol–water partition coefficient (Wildman–Crippen LogP) is 4.98. The summed E-state index contributed by atoms with van der Waals surface area (Å²) in [6, 6.07) is 5.89. The summed E-state index contributed by atoms with van der Waals surface area (Å²) in [6.07, 6.45) is 3.13. The van der Waals surface area contributed by atoms with E-state index < -0.39 is 12.1 Å². The first-order valence-corrected chi connectivity index (χ1v) is 12.9. The Kier molecular flexibility index (Phi) is 9.05. The second-order valence-electron chi connectivity index (χ2n) is 9.05. The third-order valence-electron chi connectivity index (χ3n) is 6.59. The topological polar surface area (TPSA) is 87.7 Å². The molecule has 0 fully saturated rings. The van der Waals surface area contributed by atoms with Crippen molar-refractivity contribution in [3.63, 3.8) is 0 Å². The molecule has 1 aromatic heterocycles. The number of ether oxygens (including phenoxy) is 1. The van der Waals surface area contributed by atoms with Gasteiger partial charge in [0.15, 0.2) is 0 Å². The van der Waals surface area contributed by atoms with Gasteiger partial charge in [-0.1, -0.05) is 26.0 Å². The molecular weight excluding hydrogens is 448 g/mol. The fourth-order valence-electron chi connectivity index (χ4n) is 4.67. The average Bonchev–Trinajstić information content (AvgIpc) is 3.32. The van der Waals surface area contributed by atoms with Crippen LogP contribution in [0.4, 0.5) is 0 Å². The van der Waals surface area contributed by atoms with Gasteiger partial charge < -0.3 is 20.5 Å². The number of carbonyl (C=O) groups is 2. The highest BCUT2D eigenvalue weighted by molar-refractivity contribution is 7.08. The summed E-state index contributed by atoms with van der Waals surface area (Å²) < 4.78 is 6.28. The number of aliphatic carboxylic acids is 1. The molecule has 2 aromatic rings. The third kappa shape index (κ3) is 6.34. The molecule has 1 aromatic carbocycles. The molecule has 3 atom stereocenters. The lowest BCUT2D eigenvalue weighted by molar-refractivity contribution is -0.133. The Balaban J connectivity index is 1.85. The fourth-order valence-corrected chi connectivity index (χ4v) is 5.33. The maximum atomic E-state index is 12.0. The largest absolute Gasteiger partial charge is 0.478 e. The molecule has 0 bridgehead atoms. The van der Waals surface area contributed by atoms with Gasteiger partial charge in [-0.25, -0.2) is 4.79 Å². The summed E-state index contributed by atoms with van der Waals surface area (Å²) in [5, 5.41) is 20.6. The molecule has 34 heavy (non-hydrogen) atoms. The molecular formula is C27H36N2O4S. The summed E-state index contributed by atoms with van der Waals surface area (Å²) in [5.74, 6) is -1.10. The Hall–Kier alpha value is -2.48. The highest BCUT2D eigenvalue weighted by atomic mass is 32.1. The van der Waals surface area contributed by atoms with Crippen LogP contribution in [0.2, 0.25) is 0 Å². The van der Waals surface area contributed by atoms with Crippen LogP contribution in [0.1, 0.15) is 56.7 Å². The minimum atomic E-state index is -0.946. The molecule has 0 aliphatic heterocycles. The van der Waals surface area contributed by atoms with E-state index >= 15 is 0 Å². The lowest BCUT2D eigenvalue weighted by atomic mass is 9.87. The Bertz CT molecular complexity index is 1000. The zero-order chi connectivity index (χ0) is 24.8. The third-order valence-corrected chi connectivity index (χ3v) is 7.27. The Labute approximate surface area is 206 Å². The smallest absolute Gasteiger partial charge is 0.331 e. The van der Waals surface area contributed by atoms with Crippen molar-refractivity contribution < 1.29 is 19.4 Å². The standard InChI is InChI=1S/C27H36N2O4S/c1-6-22(7-2)33-25-13-21(27(31)32)12-24(26(25)29-18(5)30)28-14-23-16(3)10-20(11-17(23)4)19-8-9-34-15-19/h8-11,13,15,22,24-26,28H,6-7,12,14H2,1-5H3,(H,29,30)(H,31,32)/t24-,25+,26+/m0/s1. The number of aryl methyl sites for hydroxylation is 2. The Morgan fingerprint density at radius 2 is 1.85 bits per heavy atom. The Morgan fingerprint density at radius 1 is 1.18 bits per heavy atom. The van der Waals surface area contributed by atoms with Crippen LogP contribution in [-0.4, -0.2) is 41.3 Å². The molecule has 1 amide bonds. The molecule has 1 aliphatic carbocycles. The SMILES string of the molecule is CCC(CC)O[C@@H]1C=C(C(=O)O)C[C@H](NCc2c(C)cc(-c3ccsc3)cc2C)[C@H]1NC(C)=O. The van der Waals surface area contributed by atoms with E-state index in [1.165, 1.54) is 34.7 Å². The van der Waals surface area contributed by atoms with Gasteiger partial charge in [-0.15, -0.1) is 0 Å². The maximum Gasteiger partial charge on any atom is 0.331 e. The van der Waals surface area contributed by atoms with Crippen LogP contribution in [0.5, 0.6) is 0 Å². The number of hydrogen-bond acceptors (Lipinski definition) is 5. The Morgan fingerprint density at radius 3 is 2.38 bits per heavy atom. The van der Waals surface area contributed by atoms with Crippen molar-refractivity contribution in [3.05, 3.63) is 57.3 Å². The molecule has 184 valence electrons. The van der Waals surface area contributed by atoms with Crippen molar-refractivity contribution in [1.29, 1.82) is 0 Å². The van der Waals surface area contributed by atoms with E-state index in [0.717, 1.165) is 12.8 Å². The van der Waals surface area contributed by atoms with Crippen molar-refractivity contribution in [2.24, 2.45) is 0 Å². The summed E-state index contributed by atoms with van der Waals surface area (Å²) in [6.45, 7) is 10.4. The van der Waals surface area contributed by atoms with Crippen LogP contribution in [0.15, 0.2) is 40.6 Å². The van der Waals surface area contributed by atoms with Crippen molar-refractivity contribution in [2.75, 3.05) is 0 Å². The molecule has 3 rings (SSSR count). The summed E-state index contributed by atoms with van der Waals surface area (Å²) in [4.78, 5) is 23.9. The van der Waals surface area contributed by atoms with E-state index in [-0.39, 0.29) is 24.1 Å². The van der Waals surface area contributed by atoms with Gasteiger partial charge in [0.1, 0.15) is 0 Å². The van der Waals surface area contributed by atoms with Crippen molar-refractivity contribution >= 4 is 23.2 Å². The number of amides is 1. The molecule has 0 radical (unpaired) electrons. The first-order chi connectivity index (χ1) is 16.2. The van der Waals surface area contributed by atoms with E-state index in [2.05, 4.69) is 53.4 Å². The van der Waals surface area contributed by atoms with E-state index in [1.807, 2.05) is 13.8 Å². The summed E-state index contributed by atoms with van der Waals surface area (Å²) >= 11 is 1.68.